The Bertz CT molecular complexity index is 741. The van der Waals surface area contributed by atoms with Crippen LogP contribution in [0.5, 0.6) is 0 Å². The van der Waals surface area contributed by atoms with Crippen LogP contribution in [0.25, 0.3) is 0 Å². The first-order chi connectivity index (χ1) is 23.8. The number of carbonyl (C=O) groups is 3. The van der Waals surface area contributed by atoms with E-state index in [1.807, 2.05) is 0 Å². The molecule has 0 aliphatic heterocycles. The molecule has 0 heterocycles. The average Bonchev–Trinajstić information content (AvgIpc) is 3.09. The van der Waals surface area contributed by atoms with Crippen molar-refractivity contribution in [3.8, 4) is 0 Å². The van der Waals surface area contributed by atoms with Gasteiger partial charge in [-0.15, -0.1) is 0 Å². The minimum absolute atomic E-state index is 0.253. The first-order valence-electron chi connectivity index (χ1n) is 18.8. The Morgan fingerprint density at radius 2 is 0.776 bits per heavy atom. The number of methoxy groups -OCH3 is 3. The molecule has 0 spiro atoms. The zero-order valence-electron chi connectivity index (χ0n) is 31.1. The molecule has 0 aromatic rings. The SMILES string of the molecule is CCCCCCCCCCC[CH2][Sn]([O]C(=O)C(CS)CCCCOC)([O]C(=O)C(CS)CCCCOC)[O]C(=O)C(CS)CCCCOC. The van der Waals surface area contributed by atoms with E-state index >= 15 is 0 Å². The van der Waals surface area contributed by atoms with Crippen molar-refractivity contribution in [3.05, 3.63) is 0 Å². The summed E-state index contributed by atoms with van der Waals surface area (Å²) in [5, 5.41) is 0. The second-order valence-corrected chi connectivity index (χ2v) is 21.2. The second kappa shape index (κ2) is 33.9. The molecule has 0 rings (SSSR count). The monoisotopic (exact) mass is 862 g/mol. The predicted octanol–water partition coefficient (Wildman–Crippen LogP) is 8.56. The van der Waals surface area contributed by atoms with Gasteiger partial charge in [-0.2, -0.15) is 0 Å². The Morgan fingerprint density at radius 3 is 1.06 bits per heavy atom. The maximum absolute atomic E-state index is 13.8. The van der Waals surface area contributed by atoms with Crippen molar-refractivity contribution < 1.29 is 37.8 Å². The number of thiol groups is 3. The van der Waals surface area contributed by atoms with E-state index in [0.717, 1.165) is 57.8 Å². The van der Waals surface area contributed by atoms with Gasteiger partial charge in [0, 0.05) is 0 Å². The van der Waals surface area contributed by atoms with Gasteiger partial charge in [0.15, 0.2) is 0 Å². The number of ether oxygens (including phenoxy) is 3. The summed E-state index contributed by atoms with van der Waals surface area (Å²) in [4.78, 5) is 41.3. The third-order valence-electron chi connectivity index (χ3n) is 8.72. The molecule has 0 amide bonds. The van der Waals surface area contributed by atoms with Gasteiger partial charge in [-0.1, -0.05) is 0 Å². The molecule has 0 bridgehead atoms. The van der Waals surface area contributed by atoms with Crippen molar-refractivity contribution >= 4 is 75.4 Å². The van der Waals surface area contributed by atoms with Crippen molar-refractivity contribution in [1.82, 2.24) is 0 Å². The van der Waals surface area contributed by atoms with Gasteiger partial charge < -0.3 is 0 Å². The quantitative estimate of drug-likeness (QED) is 0.0329. The maximum atomic E-state index is 13.8. The summed E-state index contributed by atoms with van der Waals surface area (Å²) in [6.45, 7) is 4.01. The van der Waals surface area contributed by atoms with E-state index in [-0.39, 0.29) is 21.7 Å². The first kappa shape index (κ1) is 49.1. The Hall–Kier alpha value is 0.139. The van der Waals surface area contributed by atoms with E-state index in [4.69, 9.17) is 23.4 Å². The van der Waals surface area contributed by atoms with Crippen molar-refractivity contribution in [1.29, 1.82) is 0 Å². The molecule has 9 nitrogen and oxygen atoms in total. The van der Waals surface area contributed by atoms with E-state index in [2.05, 4.69) is 44.8 Å². The van der Waals surface area contributed by atoms with Crippen LogP contribution in [0, 0.1) is 17.8 Å². The van der Waals surface area contributed by atoms with Gasteiger partial charge in [0.2, 0.25) is 0 Å². The van der Waals surface area contributed by atoms with Crippen molar-refractivity contribution in [2.75, 3.05) is 58.4 Å². The van der Waals surface area contributed by atoms with Crippen molar-refractivity contribution in [2.45, 2.75) is 133 Å². The third-order valence-corrected chi connectivity index (χ3v) is 17.2. The van der Waals surface area contributed by atoms with Crippen LogP contribution in [0.1, 0.15) is 129 Å². The molecular formula is C36H70O9S3Sn. The van der Waals surface area contributed by atoms with E-state index in [1.165, 1.54) is 38.5 Å². The molecule has 3 unspecified atom stereocenters. The Kier molecular flexibility index (Phi) is 34.0. The van der Waals surface area contributed by atoms with Crippen LogP contribution in [0.3, 0.4) is 0 Å². The molecule has 0 saturated carbocycles. The van der Waals surface area contributed by atoms with Crippen LogP contribution in [-0.2, 0) is 37.8 Å². The summed E-state index contributed by atoms with van der Waals surface area (Å²) >= 11 is 8.14. The van der Waals surface area contributed by atoms with Gasteiger partial charge in [0.05, 0.1) is 0 Å². The van der Waals surface area contributed by atoms with Crippen molar-refractivity contribution in [3.63, 3.8) is 0 Å². The normalized spacial score (nSPS) is 14.5. The molecule has 0 aromatic carbocycles. The summed E-state index contributed by atoms with van der Waals surface area (Å²) in [6.07, 6.45) is 17.4. The van der Waals surface area contributed by atoms with Crippen molar-refractivity contribution in [2.24, 2.45) is 17.8 Å². The molecule has 0 radical (unpaired) electrons. The van der Waals surface area contributed by atoms with E-state index < -0.39 is 55.3 Å². The fourth-order valence-corrected chi connectivity index (χ4v) is 13.7. The standard InChI is InChI=1S/C12H25.3C8H16O3S.Sn/c1-3-5-7-9-11-12-10-8-6-4-2;3*1-11-5-3-2-4-7(6-12)8(9)10;/h1,3-12H2,2H3;3*7,12H,2-6H2,1H3,(H,9,10);/q;;;;+3/p-3. The van der Waals surface area contributed by atoms with Crippen LogP contribution in [0.2, 0.25) is 4.44 Å². The average molecular weight is 862 g/mol. The molecular weight excluding hydrogens is 791 g/mol. The molecule has 0 aliphatic rings. The van der Waals surface area contributed by atoms with Crippen LogP contribution >= 0.6 is 37.9 Å². The molecule has 0 aliphatic carbocycles. The Balaban J connectivity index is 6.15. The number of hydrogen-bond acceptors (Lipinski definition) is 12. The summed E-state index contributed by atoms with van der Waals surface area (Å²) in [7, 11) is 4.94. The van der Waals surface area contributed by atoms with Gasteiger partial charge >= 0.3 is 323 Å². The summed E-state index contributed by atoms with van der Waals surface area (Å²) in [6, 6.07) is 0. The summed E-state index contributed by atoms with van der Waals surface area (Å²) in [5.41, 5.74) is 0. The first-order valence-corrected chi connectivity index (χ1v) is 26.2. The van der Waals surface area contributed by atoms with E-state index in [9.17, 15) is 14.4 Å². The predicted molar refractivity (Wildman–Crippen MR) is 210 cm³/mol. The zero-order valence-corrected chi connectivity index (χ0v) is 36.7. The third kappa shape index (κ3) is 24.9. The summed E-state index contributed by atoms with van der Waals surface area (Å²) < 4.78 is 34.5. The van der Waals surface area contributed by atoms with Crippen LogP contribution in [0.4, 0.5) is 0 Å². The molecule has 13 heteroatoms. The number of rotatable bonds is 35. The molecule has 49 heavy (non-hydrogen) atoms. The van der Waals surface area contributed by atoms with Crippen LogP contribution in [0.15, 0.2) is 0 Å². The molecule has 3 atom stereocenters. The molecule has 0 fully saturated rings. The fourth-order valence-electron chi connectivity index (χ4n) is 5.52. The molecule has 290 valence electrons. The van der Waals surface area contributed by atoms with Gasteiger partial charge in [-0.05, 0) is 0 Å². The van der Waals surface area contributed by atoms with Gasteiger partial charge in [0.25, 0.3) is 0 Å². The Morgan fingerprint density at radius 1 is 0.469 bits per heavy atom. The zero-order chi connectivity index (χ0) is 36.6. The van der Waals surface area contributed by atoms with Crippen LogP contribution < -0.4 is 0 Å². The van der Waals surface area contributed by atoms with Crippen LogP contribution in [-0.4, -0.2) is 95.9 Å². The van der Waals surface area contributed by atoms with Gasteiger partial charge in [-0.3, -0.25) is 0 Å². The topological polar surface area (TPSA) is 107 Å². The van der Waals surface area contributed by atoms with E-state index in [1.54, 1.807) is 21.3 Å². The minimum atomic E-state index is -5.23. The summed E-state index contributed by atoms with van der Waals surface area (Å²) in [5.74, 6) is -2.30. The van der Waals surface area contributed by atoms with E-state index in [0.29, 0.717) is 45.5 Å². The number of hydrogen-bond donors (Lipinski definition) is 3. The number of unbranched alkanes of at least 4 members (excludes halogenated alkanes) is 12. The molecule has 0 saturated heterocycles. The fraction of sp³-hybridized carbons (Fsp3) is 0.917. The van der Waals surface area contributed by atoms with Gasteiger partial charge in [0.1, 0.15) is 0 Å². The van der Waals surface area contributed by atoms with Gasteiger partial charge in [-0.25, -0.2) is 0 Å². The molecule has 0 aromatic heterocycles. The molecule has 0 N–H and O–H groups in total. The Labute approximate surface area is 320 Å². The second-order valence-electron chi connectivity index (χ2n) is 13.0. The number of carbonyl (C=O) groups excluding carboxylic acids is 3.